The van der Waals surface area contributed by atoms with Gasteiger partial charge in [-0.25, -0.2) is 0 Å². The lowest BCUT2D eigenvalue weighted by molar-refractivity contribution is 0.0948. The summed E-state index contributed by atoms with van der Waals surface area (Å²) in [6.07, 6.45) is 0. The van der Waals surface area contributed by atoms with Crippen molar-refractivity contribution in [1.82, 2.24) is 20.1 Å². The van der Waals surface area contributed by atoms with Crippen LogP contribution in [0.1, 0.15) is 39.0 Å². The summed E-state index contributed by atoms with van der Waals surface area (Å²) in [6, 6.07) is 16.6. The number of rotatable bonds is 8. The summed E-state index contributed by atoms with van der Waals surface area (Å²) in [5, 5.41) is 11.9. The standard InChI is InChI=1S/C21H22N4O2S/c1-3-25-19(13-22-20(27)17-11-7-8-15(2)12-17)23-24-21(25)28-14-18(26)16-9-5-4-6-10-16/h4-12H,3,13-14H2,1-2H3,(H,22,27). The maximum Gasteiger partial charge on any atom is 0.251 e. The molecule has 0 bridgehead atoms. The van der Waals surface area contributed by atoms with E-state index < -0.39 is 0 Å². The molecule has 7 heteroatoms. The molecule has 0 aliphatic rings. The van der Waals surface area contributed by atoms with Gasteiger partial charge in [-0.3, -0.25) is 9.59 Å². The molecule has 28 heavy (non-hydrogen) atoms. The fourth-order valence-electron chi connectivity index (χ4n) is 2.76. The van der Waals surface area contributed by atoms with E-state index in [0.717, 1.165) is 5.56 Å². The highest BCUT2D eigenvalue weighted by molar-refractivity contribution is 7.99. The van der Waals surface area contributed by atoms with Crippen LogP contribution in [0.15, 0.2) is 59.8 Å². The number of benzene rings is 2. The Morgan fingerprint density at radius 2 is 1.79 bits per heavy atom. The molecule has 0 saturated heterocycles. The van der Waals surface area contributed by atoms with Crippen LogP contribution in [0.4, 0.5) is 0 Å². The molecule has 1 heterocycles. The summed E-state index contributed by atoms with van der Waals surface area (Å²) in [5.41, 5.74) is 2.33. The van der Waals surface area contributed by atoms with Gasteiger partial charge in [-0.1, -0.05) is 59.8 Å². The van der Waals surface area contributed by atoms with Crippen LogP contribution in [0.5, 0.6) is 0 Å². The summed E-state index contributed by atoms with van der Waals surface area (Å²) in [7, 11) is 0. The predicted octanol–water partition coefficient (Wildman–Crippen LogP) is 3.51. The molecular weight excluding hydrogens is 372 g/mol. The molecule has 0 aliphatic carbocycles. The third-order valence-electron chi connectivity index (χ3n) is 4.23. The Balaban J connectivity index is 1.62. The number of amides is 1. The van der Waals surface area contributed by atoms with Gasteiger partial charge >= 0.3 is 0 Å². The van der Waals surface area contributed by atoms with Crippen molar-refractivity contribution in [2.24, 2.45) is 0 Å². The molecule has 6 nitrogen and oxygen atoms in total. The van der Waals surface area contributed by atoms with Crippen LogP contribution in [0.3, 0.4) is 0 Å². The largest absolute Gasteiger partial charge is 0.345 e. The number of Topliss-reactive ketones (excluding diaryl/α,β-unsaturated/α-hetero) is 1. The third kappa shape index (κ3) is 4.86. The molecule has 144 valence electrons. The monoisotopic (exact) mass is 394 g/mol. The number of carbonyl (C=O) groups excluding carboxylic acids is 2. The summed E-state index contributed by atoms with van der Waals surface area (Å²) in [5.74, 6) is 0.851. The first kappa shape index (κ1) is 19.8. The van der Waals surface area contributed by atoms with Gasteiger partial charge in [0.05, 0.1) is 12.3 Å². The lowest BCUT2D eigenvalue weighted by Crippen LogP contribution is -2.24. The van der Waals surface area contributed by atoms with Gasteiger partial charge in [-0.15, -0.1) is 10.2 Å². The lowest BCUT2D eigenvalue weighted by Gasteiger charge is -2.09. The Labute approximate surface area is 168 Å². The molecule has 0 radical (unpaired) electrons. The van der Waals surface area contributed by atoms with Crippen LogP contribution in [-0.2, 0) is 13.1 Å². The Kier molecular flexibility index (Phi) is 6.60. The van der Waals surface area contributed by atoms with Crippen LogP contribution in [-0.4, -0.2) is 32.2 Å². The first-order valence-corrected chi connectivity index (χ1v) is 10.0. The molecule has 0 spiro atoms. The van der Waals surface area contributed by atoms with Crippen LogP contribution in [0.2, 0.25) is 0 Å². The van der Waals surface area contributed by atoms with E-state index in [4.69, 9.17) is 0 Å². The minimum absolute atomic E-state index is 0.0468. The van der Waals surface area contributed by atoms with Crippen molar-refractivity contribution < 1.29 is 9.59 Å². The fraction of sp³-hybridized carbons (Fsp3) is 0.238. The van der Waals surface area contributed by atoms with E-state index in [2.05, 4.69) is 15.5 Å². The molecule has 0 unspecified atom stereocenters. The van der Waals surface area contributed by atoms with E-state index in [0.29, 0.717) is 28.7 Å². The van der Waals surface area contributed by atoms with Gasteiger partial charge in [0.15, 0.2) is 16.8 Å². The number of hydrogen-bond donors (Lipinski definition) is 1. The highest BCUT2D eigenvalue weighted by Gasteiger charge is 2.15. The second-order valence-electron chi connectivity index (χ2n) is 6.27. The molecule has 2 aromatic carbocycles. The minimum atomic E-state index is -0.150. The fourth-order valence-corrected chi connectivity index (χ4v) is 3.68. The first-order chi connectivity index (χ1) is 13.6. The third-order valence-corrected chi connectivity index (χ3v) is 5.19. The SMILES string of the molecule is CCn1c(CNC(=O)c2cccc(C)c2)nnc1SCC(=O)c1ccccc1. The van der Waals surface area contributed by atoms with Gasteiger partial charge in [-0.05, 0) is 26.0 Å². The molecule has 0 aliphatic heterocycles. The summed E-state index contributed by atoms with van der Waals surface area (Å²) in [4.78, 5) is 24.6. The van der Waals surface area contributed by atoms with Gasteiger partial charge in [-0.2, -0.15) is 0 Å². The normalized spacial score (nSPS) is 10.6. The number of nitrogens with zero attached hydrogens (tertiary/aromatic N) is 3. The highest BCUT2D eigenvalue weighted by atomic mass is 32.2. The van der Waals surface area contributed by atoms with Gasteiger partial charge in [0.25, 0.3) is 5.91 Å². The Morgan fingerprint density at radius 1 is 1.04 bits per heavy atom. The van der Waals surface area contributed by atoms with Gasteiger partial charge in [0, 0.05) is 17.7 Å². The maximum atomic E-state index is 12.3. The van der Waals surface area contributed by atoms with Gasteiger partial charge in [0.1, 0.15) is 0 Å². The number of ketones is 1. The van der Waals surface area contributed by atoms with Crippen LogP contribution in [0.25, 0.3) is 0 Å². The minimum Gasteiger partial charge on any atom is -0.345 e. The summed E-state index contributed by atoms with van der Waals surface area (Å²) in [6.45, 7) is 4.87. The van der Waals surface area contributed by atoms with Crippen molar-refractivity contribution in [3.8, 4) is 0 Å². The molecule has 1 N–H and O–H groups in total. The van der Waals surface area contributed by atoms with Crippen LogP contribution in [0, 0.1) is 6.92 Å². The van der Waals surface area contributed by atoms with Crippen molar-refractivity contribution in [2.75, 3.05) is 5.75 Å². The zero-order chi connectivity index (χ0) is 19.9. The second kappa shape index (κ2) is 9.32. The van der Waals surface area contributed by atoms with Crippen molar-refractivity contribution in [2.45, 2.75) is 32.1 Å². The number of thioether (sulfide) groups is 1. The van der Waals surface area contributed by atoms with Crippen molar-refractivity contribution in [1.29, 1.82) is 0 Å². The number of nitrogens with one attached hydrogen (secondary N) is 1. The second-order valence-corrected chi connectivity index (χ2v) is 7.22. The quantitative estimate of drug-likeness (QED) is 0.467. The molecule has 1 aromatic heterocycles. The Bertz CT molecular complexity index is 970. The van der Waals surface area contributed by atoms with Crippen molar-refractivity contribution in [3.05, 3.63) is 77.1 Å². The average Bonchev–Trinajstić information content (AvgIpc) is 3.12. The molecule has 1 amide bonds. The predicted molar refractivity (Wildman–Crippen MR) is 110 cm³/mol. The van der Waals surface area contributed by atoms with Gasteiger partial charge < -0.3 is 9.88 Å². The number of carbonyl (C=O) groups is 2. The Morgan fingerprint density at radius 3 is 2.50 bits per heavy atom. The summed E-state index contributed by atoms with van der Waals surface area (Å²) >= 11 is 1.36. The van der Waals surface area contributed by atoms with Crippen molar-refractivity contribution in [3.63, 3.8) is 0 Å². The van der Waals surface area contributed by atoms with E-state index in [-0.39, 0.29) is 24.0 Å². The van der Waals surface area contributed by atoms with E-state index in [1.54, 1.807) is 18.2 Å². The van der Waals surface area contributed by atoms with Crippen LogP contribution < -0.4 is 5.32 Å². The summed E-state index contributed by atoms with van der Waals surface area (Å²) < 4.78 is 1.92. The number of aromatic nitrogens is 3. The first-order valence-electron chi connectivity index (χ1n) is 9.06. The molecular formula is C21H22N4O2S. The maximum absolute atomic E-state index is 12.3. The number of aryl methyl sites for hydroxylation is 1. The highest BCUT2D eigenvalue weighted by Crippen LogP contribution is 2.19. The molecule has 0 fully saturated rings. The van der Waals surface area contributed by atoms with E-state index >= 15 is 0 Å². The topological polar surface area (TPSA) is 76.9 Å². The smallest absolute Gasteiger partial charge is 0.251 e. The van der Waals surface area contributed by atoms with E-state index in [1.165, 1.54) is 11.8 Å². The van der Waals surface area contributed by atoms with Crippen molar-refractivity contribution >= 4 is 23.5 Å². The molecule has 3 rings (SSSR count). The average molecular weight is 395 g/mol. The zero-order valence-electron chi connectivity index (χ0n) is 15.9. The van der Waals surface area contributed by atoms with Crippen LogP contribution >= 0.6 is 11.8 Å². The molecule has 0 atom stereocenters. The lowest BCUT2D eigenvalue weighted by atomic mass is 10.1. The van der Waals surface area contributed by atoms with E-state index in [9.17, 15) is 9.59 Å². The van der Waals surface area contributed by atoms with Gasteiger partial charge in [0.2, 0.25) is 0 Å². The molecule has 0 saturated carbocycles. The molecule has 3 aromatic rings. The number of hydrogen-bond acceptors (Lipinski definition) is 5. The Hall–Kier alpha value is -2.93. The zero-order valence-corrected chi connectivity index (χ0v) is 16.7. The van der Waals surface area contributed by atoms with E-state index in [1.807, 2.05) is 54.8 Å².